The Morgan fingerprint density at radius 3 is 2.17 bits per heavy atom. The summed E-state index contributed by atoms with van der Waals surface area (Å²) in [6.07, 6.45) is 1.77. The summed E-state index contributed by atoms with van der Waals surface area (Å²) in [5, 5.41) is 8.71. The second-order valence-electron chi connectivity index (χ2n) is 12.4. The fourth-order valence-electron chi connectivity index (χ4n) is 4.80. The molecule has 0 spiro atoms. The number of carbonyl (C=O) groups is 5. The van der Waals surface area contributed by atoms with Gasteiger partial charge in [0.25, 0.3) is 0 Å². The van der Waals surface area contributed by atoms with Gasteiger partial charge >= 0.3 is 18.0 Å². The van der Waals surface area contributed by atoms with Gasteiger partial charge in [0.2, 0.25) is 11.8 Å². The highest BCUT2D eigenvalue weighted by Gasteiger charge is 2.34. The Morgan fingerprint density at radius 2 is 1.53 bits per heavy atom. The summed E-state index contributed by atoms with van der Waals surface area (Å²) in [6.45, 7) is 12.0. The zero-order valence-electron chi connectivity index (χ0n) is 27.7. The van der Waals surface area contributed by atoms with Crippen LogP contribution >= 0.6 is 0 Å². The highest BCUT2D eigenvalue weighted by Crippen LogP contribution is 2.22. The van der Waals surface area contributed by atoms with E-state index in [4.69, 9.17) is 14.2 Å². The van der Waals surface area contributed by atoms with Crippen LogP contribution < -0.4 is 20.7 Å². The van der Waals surface area contributed by atoms with Crippen LogP contribution in [0.3, 0.4) is 0 Å². The molecular weight excluding hydrogens is 604 g/mol. The molecule has 3 N–H and O–H groups in total. The predicted molar refractivity (Wildman–Crippen MR) is 176 cm³/mol. The zero-order valence-corrected chi connectivity index (χ0v) is 27.7. The minimum atomic E-state index is -1.47. The van der Waals surface area contributed by atoms with Crippen LogP contribution in [0.5, 0.6) is 5.75 Å². The van der Waals surface area contributed by atoms with E-state index in [0.29, 0.717) is 0 Å². The van der Waals surface area contributed by atoms with Gasteiger partial charge in [0, 0.05) is 30.6 Å². The van der Waals surface area contributed by atoms with E-state index in [2.05, 4.69) is 22.5 Å². The van der Waals surface area contributed by atoms with Crippen molar-refractivity contribution in [1.29, 1.82) is 0 Å². The number of amides is 3. The van der Waals surface area contributed by atoms with Crippen LogP contribution in [0.2, 0.25) is 0 Å². The van der Waals surface area contributed by atoms with Gasteiger partial charge < -0.3 is 34.7 Å². The maximum absolute atomic E-state index is 13.9. The van der Waals surface area contributed by atoms with E-state index < -0.39 is 60.0 Å². The Kier molecular flexibility index (Phi) is 12.7. The van der Waals surface area contributed by atoms with Gasteiger partial charge in [-0.25, -0.2) is 9.59 Å². The molecule has 0 saturated heterocycles. The second kappa shape index (κ2) is 16.4. The van der Waals surface area contributed by atoms with E-state index >= 15 is 0 Å². The Labute approximate surface area is 274 Å². The van der Waals surface area contributed by atoms with Crippen LogP contribution in [0, 0.1) is 5.92 Å². The molecule has 0 aliphatic heterocycles. The van der Waals surface area contributed by atoms with Crippen molar-refractivity contribution in [2.24, 2.45) is 13.0 Å². The molecule has 3 amide bonds. The fraction of sp³-hybridized carbons (Fsp3) is 0.400. The molecule has 3 rings (SSSR count). The van der Waals surface area contributed by atoms with Gasteiger partial charge in [-0.05, 0) is 50.5 Å². The molecule has 1 heterocycles. The van der Waals surface area contributed by atoms with Crippen LogP contribution in [0.15, 0.2) is 73.4 Å². The predicted octanol–water partition coefficient (Wildman–Crippen LogP) is 3.96. The highest BCUT2D eigenvalue weighted by atomic mass is 16.6. The topological polar surface area (TPSA) is 154 Å². The standard InChI is InChI=1S/C35H44N4O8/c1-8-18-45-33(43)30(22(2)3)38-32(42)26(19-23-21-39(7)28-17-13-12-16-25(23)28)36-31(41)27(20-29(40)47-35(4,5)6)37-34(44)46-24-14-10-9-11-15-24/h8-17,21-22,26-27,30H,1,18-20H2,2-7H3,(H,36,41)(H,37,44)(H,38,42)/t26-,27-,30+/m0/s1. The van der Waals surface area contributed by atoms with Crippen molar-refractivity contribution in [2.45, 2.75) is 71.2 Å². The summed E-state index contributed by atoms with van der Waals surface area (Å²) >= 11 is 0. The van der Waals surface area contributed by atoms with Gasteiger partial charge in [-0.15, -0.1) is 0 Å². The minimum Gasteiger partial charge on any atom is -0.460 e. The molecule has 12 nitrogen and oxygen atoms in total. The molecule has 0 fully saturated rings. The minimum absolute atomic E-state index is 0.0269. The normalized spacial score (nSPS) is 13.2. The lowest BCUT2D eigenvalue weighted by Gasteiger charge is -2.26. The van der Waals surface area contributed by atoms with E-state index in [1.165, 1.54) is 6.08 Å². The molecule has 0 aliphatic rings. The first-order valence-corrected chi connectivity index (χ1v) is 15.3. The van der Waals surface area contributed by atoms with Crippen LogP contribution in [0.1, 0.15) is 46.6 Å². The number of ether oxygens (including phenoxy) is 3. The molecule has 0 radical (unpaired) electrons. The van der Waals surface area contributed by atoms with Crippen LogP contribution in [-0.4, -0.2) is 64.7 Å². The second-order valence-corrected chi connectivity index (χ2v) is 12.4. The van der Waals surface area contributed by atoms with Gasteiger partial charge in [0.1, 0.15) is 36.1 Å². The number of rotatable bonds is 14. The molecule has 0 saturated carbocycles. The van der Waals surface area contributed by atoms with E-state index in [1.807, 2.05) is 42.1 Å². The largest absolute Gasteiger partial charge is 0.460 e. The monoisotopic (exact) mass is 648 g/mol. The number of nitrogens with zero attached hydrogens (tertiary/aromatic N) is 1. The number of para-hydroxylation sites is 2. The molecule has 3 atom stereocenters. The average Bonchev–Trinajstić information content (AvgIpc) is 3.31. The summed E-state index contributed by atoms with van der Waals surface area (Å²) in [5.74, 6) is -3.04. The van der Waals surface area contributed by atoms with Crippen LogP contribution in [0.25, 0.3) is 10.9 Å². The summed E-state index contributed by atoms with van der Waals surface area (Å²) in [5.41, 5.74) is 0.805. The van der Waals surface area contributed by atoms with Gasteiger partial charge in [-0.1, -0.05) is 62.9 Å². The third kappa shape index (κ3) is 11.0. The first-order chi connectivity index (χ1) is 22.2. The molecule has 0 bridgehead atoms. The van der Waals surface area contributed by atoms with Crippen molar-refractivity contribution in [3.05, 3.63) is 79.0 Å². The summed E-state index contributed by atoms with van der Waals surface area (Å²) in [7, 11) is 1.86. The van der Waals surface area contributed by atoms with Gasteiger partial charge in [0.15, 0.2) is 0 Å². The first-order valence-electron chi connectivity index (χ1n) is 15.3. The van der Waals surface area contributed by atoms with Crippen LogP contribution in [-0.2, 0) is 42.1 Å². The summed E-state index contributed by atoms with van der Waals surface area (Å²) in [6, 6.07) is 12.1. The van der Waals surface area contributed by atoms with Crippen molar-refractivity contribution in [3.8, 4) is 5.75 Å². The summed E-state index contributed by atoms with van der Waals surface area (Å²) in [4.78, 5) is 66.1. The first kappa shape index (κ1) is 36.3. The zero-order chi connectivity index (χ0) is 34.7. The van der Waals surface area contributed by atoms with Crippen molar-refractivity contribution < 1.29 is 38.2 Å². The van der Waals surface area contributed by atoms with Crippen LogP contribution in [0.4, 0.5) is 4.79 Å². The van der Waals surface area contributed by atoms with Gasteiger partial charge in [0.05, 0.1) is 6.42 Å². The van der Waals surface area contributed by atoms with Crippen molar-refractivity contribution in [1.82, 2.24) is 20.5 Å². The highest BCUT2D eigenvalue weighted by molar-refractivity contribution is 5.95. The quantitative estimate of drug-likeness (QED) is 0.175. The number of hydrogen-bond donors (Lipinski definition) is 3. The smallest absolute Gasteiger partial charge is 0.413 e. The Bertz CT molecular complexity index is 1580. The number of aromatic nitrogens is 1. The molecule has 3 aromatic rings. The lowest BCUT2D eigenvalue weighted by atomic mass is 10.0. The van der Waals surface area contributed by atoms with E-state index in [0.717, 1.165) is 16.5 Å². The lowest BCUT2D eigenvalue weighted by Crippen LogP contribution is -2.57. The molecule has 0 unspecified atom stereocenters. The maximum Gasteiger partial charge on any atom is 0.413 e. The Balaban J connectivity index is 1.93. The van der Waals surface area contributed by atoms with E-state index in [1.54, 1.807) is 65.0 Å². The number of carbonyl (C=O) groups excluding carboxylic acids is 5. The third-order valence-electron chi connectivity index (χ3n) is 6.95. The van der Waals surface area contributed by atoms with Crippen molar-refractivity contribution >= 4 is 40.7 Å². The number of hydrogen-bond acceptors (Lipinski definition) is 8. The number of nitrogens with one attached hydrogen (secondary N) is 3. The third-order valence-corrected chi connectivity index (χ3v) is 6.95. The molecule has 47 heavy (non-hydrogen) atoms. The van der Waals surface area contributed by atoms with Crippen molar-refractivity contribution in [3.63, 3.8) is 0 Å². The molecule has 12 heteroatoms. The van der Waals surface area contributed by atoms with Gasteiger partial charge in [-0.2, -0.15) is 0 Å². The Hall–Kier alpha value is -5.13. The fourth-order valence-corrected chi connectivity index (χ4v) is 4.80. The molecule has 252 valence electrons. The molecule has 2 aromatic carbocycles. The summed E-state index contributed by atoms with van der Waals surface area (Å²) < 4.78 is 17.8. The molecular formula is C35H44N4O8. The number of fused-ring (bicyclic) bond motifs is 1. The Morgan fingerprint density at radius 1 is 0.894 bits per heavy atom. The van der Waals surface area contributed by atoms with E-state index in [9.17, 15) is 24.0 Å². The van der Waals surface area contributed by atoms with Gasteiger partial charge in [-0.3, -0.25) is 14.4 Å². The van der Waals surface area contributed by atoms with E-state index in [-0.39, 0.29) is 24.7 Å². The molecule has 1 aromatic heterocycles. The average molecular weight is 649 g/mol. The number of benzene rings is 2. The SMILES string of the molecule is C=CCOC(=O)[C@H](NC(=O)[C@H](Cc1cn(C)c2ccccc12)NC(=O)[C@H](CC(=O)OC(C)(C)C)NC(=O)Oc1ccccc1)C(C)C. The lowest BCUT2D eigenvalue weighted by molar-refractivity contribution is -0.156. The van der Waals surface area contributed by atoms with Crippen molar-refractivity contribution in [2.75, 3.05) is 6.61 Å². The number of aryl methyl sites for hydroxylation is 1. The maximum atomic E-state index is 13.9. The molecule has 0 aliphatic carbocycles. The number of esters is 2.